The largest absolute Gasteiger partial charge is 0.455 e. The standard InChI is InChI=1S/C51H40NO2P/c53-55(39-11-3-1-4-12-39,40-13-5-2-6-14-40)41-15-7-10-34(29-41)35-20-22-48-44(30-35)43-17-8-16-42(50(43)54-48)36-19-21-46-45(31-36)49-47(18-9-23-52-49)51(46)37-25-32-24-33(27-37)28-38(51)26-32/h1-23,29-33,37-38H,24-28H2. The van der Waals surface area contributed by atoms with Crippen molar-refractivity contribution in [2.45, 2.75) is 37.5 Å². The third kappa shape index (κ3) is 4.45. The second-order valence-electron chi connectivity index (χ2n) is 16.7. The number of hydrogen-bond donors (Lipinski definition) is 0. The smallest absolute Gasteiger partial charge is 0.171 e. The topological polar surface area (TPSA) is 43.1 Å². The van der Waals surface area contributed by atoms with E-state index in [4.69, 9.17) is 9.40 Å². The summed E-state index contributed by atoms with van der Waals surface area (Å²) in [5.74, 6) is 3.27. The minimum Gasteiger partial charge on any atom is -0.455 e. The van der Waals surface area contributed by atoms with Crippen molar-refractivity contribution in [2.75, 3.05) is 0 Å². The fourth-order valence-corrected chi connectivity index (χ4v) is 14.7. The molecule has 0 atom stereocenters. The Morgan fingerprint density at radius 3 is 1.95 bits per heavy atom. The van der Waals surface area contributed by atoms with Gasteiger partial charge in [0.15, 0.2) is 7.14 Å². The van der Waals surface area contributed by atoms with Crippen LogP contribution < -0.4 is 15.9 Å². The summed E-state index contributed by atoms with van der Waals surface area (Å²) < 4.78 is 21.9. The average Bonchev–Trinajstić information content (AvgIpc) is 3.76. The molecule has 266 valence electrons. The van der Waals surface area contributed by atoms with Crippen molar-refractivity contribution in [3.8, 4) is 33.5 Å². The normalized spacial score (nSPS) is 23.4. The summed E-state index contributed by atoms with van der Waals surface area (Å²) in [5.41, 5.74) is 11.8. The second kappa shape index (κ2) is 11.8. The molecule has 2 heterocycles. The maximum Gasteiger partial charge on any atom is 0.171 e. The molecule has 0 unspecified atom stereocenters. The van der Waals surface area contributed by atoms with E-state index in [0.717, 1.165) is 78.2 Å². The Hall–Kier alpha value is -5.50. The highest BCUT2D eigenvalue weighted by atomic mass is 31.2. The highest BCUT2D eigenvalue weighted by Gasteiger charge is 2.61. The Labute approximate surface area is 321 Å². The molecule has 4 saturated carbocycles. The molecule has 4 fully saturated rings. The second-order valence-corrected chi connectivity index (χ2v) is 19.4. The first kappa shape index (κ1) is 31.8. The number of rotatable bonds is 5. The van der Waals surface area contributed by atoms with E-state index in [1.165, 1.54) is 60.1 Å². The van der Waals surface area contributed by atoms with Gasteiger partial charge in [-0.2, -0.15) is 0 Å². The number of pyridine rings is 1. The van der Waals surface area contributed by atoms with E-state index in [-0.39, 0.29) is 5.41 Å². The third-order valence-corrected chi connectivity index (χ3v) is 17.0. The Bertz CT molecular complexity index is 2800. The fourth-order valence-electron chi connectivity index (χ4n) is 12.0. The van der Waals surface area contributed by atoms with Crippen LogP contribution in [0.3, 0.4) is 0 Å². The van der Waals surface area contributed by atoms with Gasteiger partial charge in [-0.25, -0.2) is 0 Å². The van der Waals surface area contributed by atoms with Crippen molar-refractivity contribution in [2.24, 2.45) is 23.7 Å². The van der Waals surface area contributed by atoms with Crippen LogP contribution in [0.4, 0.5) is 0 Å². The first-order chi connectivity index (χ1) is 27.1. The number of nitrogens with zero attached hydrogens (tertiary/aromatic N) is 1. The summed E-state index contributed by atoms with van der Waals surface area (Å²) in [7, 11) is -3.11. The Morgan fingerprint density at radius 1 is 0.527 bits per heavy atom. The van der Waals surface area contributed by atoms with Crippen LogP contribution in [0.5, 0.6) is 0 Å². The monoisotopic (exact) mass is 729 g/mol. The van der Waals surface area contributed by atoms with E-state index in [0.29, 0.717) is 0 Å². The van der Waals surface area contributed by atoms with Crippen molar-refractivity contribution < 1.29 is 8.98 Å². The minimum atomic E-state index is -3.11. The van der Waals surface area contributed by atoms with E-state index >= 15 is 4.57 Å². The summed E-state index contributed by atoms with van der Waals surface area (Å²) in [5, 5.41) is 4.67. The number of hydrogen-bond acceptors (Lipinski definition) is 3. The number of benzene rings is 6. The van der Waals surface area contributed by atoms with Crippen LogP contribution in [0.15, 0.2) is 162 Å². The van der Waals surface area contributed by atoms with Crippen molar-refractivity contribution >= 4 is 45.0 Å². The van der Waals surface area contributed by atoms with Crippen LogP contribution in [0.2, 0.25) is 0 Å². The molecule has 0 amide bonds. The molecule has 1 spiro atoms. The first-order valence-electron chi connectivity index (χ1n) is 20.0. The van der Waals surface area contributed by atoms with Gasteiger partial charge >= 0.3 is 0 Å². The van der Waals surface area contributed by atoms with Gasteiger partial charge in [0.2, 0.25) is 0 Å². The fraction of sp³-hybridized carbons (Fsp3) is 0.196. The van der Waals surface area contributed by atoms with Gasteiger partial charge in [-0.05, 0) is 114 Å². The van der Waals surface area contributed by atoms with Gasteiger partial charge in [-0.1, -0.05) is 121 Å². The van der Waals surface area contributed by atoms with Crippen LogP contribution in [-0.2, 0) is 9.98 Å². The zero-order chi connectivity index (χ0) is 36.3. The van der Waals surface area contributed by atoms with Crippen molar-refractivity contribution in [1.82, 2.24) is 4.98 Å². The molecule has 6 aromatic carbocycles. The minimum absolute atomic E-state index is 0.111. The lowest BCUT2D eigenvalue weighted by molar-refractivity contribution is -0.0400. The Kier molecular flexibility index (Phi) is 6.80. The van der Waals surface area contributed by atoms with E-state index in [2.05, 4.69) is 78.9 Å². The lowest BCUT2D eigenvalue weighted by Crippen LogP contribution is -2.55. The van der Waals surface area contributed by atoms with Crippen molar-refractivity contribution in [1.29, 1.82) is 0 Å². The van der Waals surface area contributed by atoms with E-state index in [9.17, 15) is 0 Å². The molecule has 4 bridgehead atoms. The van der Waals surface area contributed by atoms with Gasteiger partial charge in [0.05, 0.1) is 5.69 Å². The molecule has 3 nitrogen and oxygen atoms in total. The maximum atomic E-state index is 15.2. The summed E-state index contributed by atoms with van der Waals surface area (Å²) in [6.45, 7) is 0. The van der Waals surface area contributed by atoms with E-state index in [1.54, 1.807) is 0 Å². The molecule has 5 aliphatic carbocycles. The van der Waals surface area contributed by atoms with Crippen LogP contribution in [0.1, 0.15) is 43.2 Å². The molecule has 8 aromatic rings. The lowest BCUT2D eigenvalue weighted by atomic mass is 9.43. The van der Waals surface area contributed by atoms with Crippen LogP contribution in [-0.4, -0.2) is 4.98 Å². The lowest BCUT2D eigenvalue weighted by Gasteiger charge is -2.61. The molecular formula is C51H40NO2P. The predicted octanol–water partition coefficient (Wildman–Crippen LogP) is 11.7. The summed E-state index contributed by atoms with van der Waals surface area (Å²) >= 11 is 0. The molecule has 4 heteroatoms. The SMILES string of the molecule is O=P(c1ccccc1)(c1ccccc1)c1cccc(-c2ccc3oc4c(-c5ccc6c(c5)-c5ncccc5C65C6CC7CC(C6)CC5C7)cccc4c3c2)c1. The first-order valence-corrected chi connectivity index (χ1v) is 21.7. The van der Waals surface area contributed by atoms with Gasteiger partial charge in [-0.15, -0.1) is 0 Å². The number of aromatic nitrogens is 1. The molecule has 13 rings (SSSR count). The molecule has 0 radical (unpaired) electrons. The quantitative estimate of drug-likeness (QED) is 0.166. The summed E-state index contributed by atoms with van der Waals surface area (Å²) in [6, 6.07) is 52.9. The zero-order valence-corrected chi connectivity index (χ0v) is 31.5. The van der Waals surface area contributed by atoms with Gasteiger partial charge < -0.3 is 8.98 Å². The van der Waals surface area contributed by atoms with E-state index in [1.807, 2.05) is 79.0 Å². The van der Waals surface area contributed by atoms with Gasteiger partial charge in [-0.3, -0.25) is 4.98 Å². The van der Waals surface area contributed by atoms with Crippen molar-refractivity contribution in [3.63, 3.8) is 0 Å². The number of fused-ring (bicyclic) bond motifs is 6. The maximum absolute atomic E-state index is 15.2. The van der Waals surface area contributed by atoms with Gasteiger partial charge in [0.25, 0.3) is 0 Å². The summed E-state index contributed by atoms with van der Waals surface area (Å²) in [6.07, 6.45) is 8.91. The third-order valence-electron chi connectivity index (χ3n) is 14.0. The van der Waals surface area contributed by atoms with Crippen LogP contribution >= 0.6 is 7.14 Å². The summed E-state index contributed by atoms with van der Waals surface area (Å²) in [4.78, 5) is 5.09. The molecule has 5 aliphatic rings. The molecule has 55 heavy (non-hydrogen) atoms. The molecular weight excluding hydrogens is 690 g/mol. The Morgan fingerprint density at radius 2 is 1.20 bits per heavy atom. The zero-order valence-electron chi connectivity index (χ0n) is 30.6. The average molecular weight is 730 g/mol. The van der Waals surface area contributed by atoms with Gasteiger partial charge in [0, 0.05) is 49.4 Å². The number of furan rings is 1. The van der Waals surface area contributed by atoms with Crippen LogP contribution in [0, 0.1) is 23.7 Å². The molecule has 0 aliphatic heterocycles. The molecule has 0 saturated heterocycles. The van der Waals surface area contributed by atoms with Crippen molar-refractivity contribution in [3.05, 3.63) is 169 Å². The highest BCUT2D eigenvalue weighted by molar-refractivity contribution is 7.85. The predicted molar refractivity (Wildman–Crippen MR) is 225 cm³/mol. The highest BCUT2D eigenvalue weighted by Crippen LogP contribution is 2.69. The van der Waals surface area contributed by atoms with Gasteiger partial charge in [0.1, 0.15) is 11.2 Å². The van der Waals surface area contributed by atoms with E-state index < -0.39 is 7.14 Å². The molecule has 2 aromatic heterocycles. The molecule has 0 N–H and O–H groups in total. The Balaban J connectivity index is 0.961. The number of para-hydroxylation sites is 1. The van der Waals surface area contributed by atoms with Crippen LogP contribution in [0.25, 0.3) is 55.4 Å².